The molecule has 0 bridgehead atoms. The van der Waals surface area contributed by atoms with Crippen LogP contribution in [0.25, 0.3) is 0 Å². The molecule has 0 fully saturated rings. The van der Waals surface area contributed by atoms with Crippen molar-refractivity contribution in [2.45, 2.75) is 6.54 Å². The van der Waals surface area contributed by atoms with Crippen molar-refractivity contribution in [2.75, 3.05) is 12.4 Å². The SMILES string of the molecule is COc1cccc(NC(N)=NCc2cc(C#N)ccc2F)c1. The van der Waals surface area contributed by atoms with E-state index in [1.54, 1.807) is 19.2 Å². The highest BCUT2D eigenvalue weighted by Gasteiger charge is 2.04. The van der Waals surface area contributed by atoms with Crippen LogP contribution < -0.4 is 15.8 Å². The molecule has 0 spiro atoms. The summed E-state index contributed by atoms with van der Waals surface area (Å²) >= 11 is 0. The van der Waals surface area contributed by atoms with E-state index in [0.717, 1.165) is 0 Å². The Morgan fingerprint density at radius 1 is 1.36 bits per heavy atom. The third-order valence-electron chi connectivity index (χ3n) is 2.94. The zero-order valence-electron chi connectivity index (χ0n) is 12.0. The van der Waals surface area contributed by atoms with E-state index in [4.69, 9.17) is 15.7 Å². The smallest absolute Gasteiger partial charge is 0.193 e. The molecule has 6 heteroatoms. The number of nitrogens with zero attached hydrogens (tertiary/aromatic N) is 2. The zero-order chi connectivity index (χ0) is 15.9. The number of anilines is 1. The van der Waals surface area contributed by atoms with E-state index in [1.807, 2.05) is 18.2 Å². The van der Waals surface area contributed by atoms with Gasteiger partial charge in [0.15, 0.2) is 5.96 Å². The molecule has 2 rings (SSSR count). The minimum atomic E-state index is -0.420. The summed E-state index contributed by atoms with van der Waals surface area (Å²) in [6, 6.07) is 13.3. The molecule has 0 saturated carbocycles. The minimum absolute atomic E-state index is 0.0458. The molecule has 2 aromatic rings. The number of nitrogens with two attached hydrogens (primary N) is 1. The molecule has 0 saturated heterocycles. The number of methoxy groups -OCH3 is 1. The van der Waals surface area contributed by atoms with Gasteiger partial charge in [0.05, 0.1) is 25.3 Å². The highest BCUT2D eigenvalue weighted by Crippen LogP contribution is 2.16. The quantitative estimate of drug-likeness (QED) is 0.671. The summed E-state index contributed by atoms with van der Waals surface area (Å²) in [6.07, 6.45) is 0. The van der Waals surface area contributed by atoms with Crippen LogP contribution in [0.15, 0.2) is 47.5 Å². The van der Waals surface area contributed by atoms with Crippen molar-refractivity contribution >= 4 is 11.6 Å². The van der Waals surface area contributed by atoms with E-state index < -0.39 is 5.82 Å². The van der Waals surface area contributed by atoms with Crippen LogP contribution in [0.5, 0.6) is 5.75 Å². The van der Waals surface area contributed by atoms with Crippen LogP contribution >= 0.6 is 0 Å². The lowest BCUT2D eigenvalue weighted by Gasteiger charge is -2.07. The molecule has 0 radical (unpaired) electrons. The number of aliphatic imine (C=N–C) groups is 1. The van der Waals surface area contributed by atoms with Gasteiger partial charge < -0.3 is 15.8 Å². The largest absolute Gasteiger partial charge is 0.497 e. The molecule has 22 heavy (non-hydrogen) atoms. The molecular formula is C16H15FN4O. The number of nitriles is 1. The van der Waals surface area contributed by atoms with Crippen LogP contribution in [0.1, 0.15) is 11.1 Å². The van der Waals surface area contributed by atoms with Gasteiger partial charge in [0.2, 0.25) is 0 Å². The maximum atomic E-state index is 13.6. The van der Waals surface area contributed by atoms with E-state index >= 15 is 0 Å². The van der Waals surface area contributed by atoms with Crippen molar-refractivity contribution < 1.29 is 9.13 Å². The minimum Gasteiger partial charge on any atom is -0.497 e. The maximum absolute atomic E-state index is 13.6. The van der Waals surface area contributed by atoms with Crippen molar-refractivity contribution in [2.24, 2.45) is 10.7 Å². The Hall–Kier alpha value is -3.07. The number of guanidine groups is 1. The average Bonchev–Trinajstić information content (AvgIpc) is 2.54. The van der Waals surface area contributed by atoms with Gasteiger partial charge in [-0.2, -0.15) is 5.26 Å². The van der Waals surface area contributed by atoms with Crippen molar-refractivity contribution in [1.82, 2.24) is 0 Å². The predicted octanol–water partition coefficient (Wildman–Crippen LogP) is 2.63. The number of nitrogens with one attached hydrogen (secondary N) is 1. The normalized spacial score (nSPS) is 10.9. The zero-order valence-corrected chi connectivity index (χ0v) is 12.0. The van der Waals surface area contributed by atoms with Crippen LogP contribution in [-0.2, 0) is 6.54 Å². The molecule has 0 aromatic heterocycles. The van der Waals surface area contributed by atoms with Crippen LogP contribution in [0.2, 0.25) is 0 Å². The first-order valence-corrected chi connectivity index (χ1v) is 6.52. The lowest BCUT2D eigenvalue weighted by atomic mass is 10.1. The Labute approximate surface area is 127 Å². The molecular weight excluding hydrogens is 283 g/mol. The fourth-order valence-corrected chi connectivity index (χ4v) is 1.82. The van der Waals surface area contributed by atoms with Crippen molar-refractivity contribution in [3.63, 3.8) is 0 Å². The average molecular weight is 298 g/mol. The first-order chi connectivity index (χ1) is 10.6. The summed E-state index contributed by atoms with van der Waals surface area (Å²) < 4.78 is 18.7. The molecule has 3 N–H and O–H groups in total. The van der Waals surface area contributed by atoms with Gasteiger partial charge in [-0.05, 0) is 30.3 Å². The molecule has 0 aliphatic carbocycles. The summed E-state index contributed by atoms with van der Waals surface area (Å²) in [4.78, 5) is 4.07. The van der Waals surface area contributed by atoms with Gasteiger partial charge in [0.25, 0.3) is 0 Å². The summed E-state index contributed by atoms with van der Waals surface area (Å²) in [5.74, 6) is 0.414. The van der Waals surface area contributed by atoms with Crippen molar-refractivity contribution in [3.05, 3.63) is 59.4 Å². The van der Waals surface area contributed by atoms with Crippen LogP contribution in [0, 0.1) is 17.1 Å². The van der Waals surface area contributed by atoms with Gasteiger partial charge >= 0.3 is 0 Å². The summed E-state index contributed by atoms with van der Waals surface area (Å²) in [7, 11) is 1.57. The van der Waals surface area contributed by atoms with Gasteiger partial charge in [-0.25, -0.2) is 9.38 Å². The number of benzene rings is 2. The molecule has 112 valence electrons. The van der Waals surface area contributed by atoms with E-state index in [9.17, 15) is 4.39 Å². The Bertz CT molecular complexity index is 737. The first-order valence-electron chi connectivity index (χ1n) is 6.52. The summed E-state index contributed by atoms with van der Waals surface area (Å²) in [5.41, 5.74) is 7.19. The molecule has 0 aliphatic heterocycles. The second-order valence-corrected chi connectivity index (χ2v) is 4.48. The molecule has 0 heterocycles. The predicted molar refractivity (Wildman–Crippen MR) is 83.1 cm³/mol. The standard InChI is InChI=1S/C16H15FN4O/c1-22-14-4-2-3-13(8-14)21-16(19)20-10-12-7-11(9-18)5-6-15(12)17/h2-8H,10H2,1H3,(H3,19,20,21). The van der Waals surface area contributed by atoms with Gasteiger partial charge in [-0.3, -0.25) is 0 Å². The Morgan fingerprint density at radius 2 is 2.18 bits per heavy atom. The Morgan fingerprint density at radius 3 is 2.91 bits per heavy atom. The molecule has 0 unspecified atom stereocenters. The topological polar surface area (TPSA) is 83.4 Å². The van der Waals surface area contributed by atoms with Gasteiger partial charge in [0, 0.05) is 17.3 Å². The molecule has 2 aromatic carbocycles. The third kappa shape index (κ3) is 3.96. The lowest BCUT2D eigenvalue weighted by molar-refractivity contribution is 0.415. The second-order valence-electron chi connectivity index (χ2n) is 4.48. The summed E-state index contributed by atoms with van der Waals surface area (Å²) in [5, 5.41) is 11.7. The van der Waals surface area contributed by atoms with Crippen LogP contribution in [0.3, 0.4) is 0 Å². The van der Waals surface area contributed by atoms with E-state index in [1.165, 1.54) is 18.2 Å². The Balaban J connectivity index is 2.08. The van der Waals surface area contributed by atoms with Gasteiger partial charge in [0.1, 0.15) is 11.6 Å². The molecule has 0 amide bonds. The first kappa shape index (κ1) is 15.3. The number of hydrogen-bond donors (Lipinski definition) is 2. The summed E-state index contributed by atoms with van der Waals surface area (Å²) in [6.45, 7) is 0.0458. The third-order valence-corrected chi connectivity index (χ3v) is 2.94. The molecule has 5 nitrogen and oxygen atoms in total. The van der Waals surface area contributed by atoms with E-state index in [0.29, 0.717) is 22.6 Å². The monoisotopic (exact) mass is 298 g/mol. The van der Waals surface area contributed by atoms with Gasteiger partial charge in [-0.15, -0.1) is 0 Å². The Kier molecular flexibility index (Phi) is 4.94. The maximum Gasteiger partial charge on any atom is 0.193 e. The highest BCUT2D eigenvalue weighted by atomic mass is 19.1. The molecule has 0 atom stereocenters. The number of halogens is 1. The fourth-order valence-electron chi connectivity index (χ4n) is 1.82. The van der Waals surface area contributed by atoms with Crippen LogP contribution in [-0.4, -0.2) is 13.1 Å². The number of ether oxygens (including phenoxy) is 1. The van der Waals surface area contributed by atoms with Gasteiger partial charge in [-0.1, -0.05) is 6.07 Å². The fraction of sp³-hybridized carbons (Fsp3) is 0.125. The number of hydrogen-bond acceptors (Lipinski definition) is 3. The number of rotatable bonds is 4. The van der Waals surface area contributed by atoms with Crippen molar-refractivity contribution in [1.29, 1.82) is 5.26 Å². The van der Waals surface area contributed by atoms with Crippen LogP contribution in [0.4, 0.5) is 10.1 Å². The van der Waals surface area contributed by atoms with E-state index in [-0.39, 0.29) is 12.5 Å². The highest BCUT2D eigenvalue weighted by molar-refractivity contribution is 5.92. The lowest BCUT2D eigenvalue weighted by Crippen LogP contribution is -2.22. The second kappa shape index (κ2) is 7.09. The van der Waals surface area contributed by atoms with Crippen molar-refractivity contribution in [3.8, 4) is 11.8 Å². The van der Waals surface area contributed by atoms with E-state index in [2.05, 4.69) is 10.3 Å². The molecule has 0 aliphatic rings.